The third-order valence-electron chi connectivity index (χ3n) is 6.94. The Morgan fingerprint density at radius 2 is 1.13 bits per heavy atom. The number of unbranched alkanes of at least 4 members (excludes halogenated alkanes) is 13. The monoisotopic (exact) mass is 718 g/mol. The molecule has 8 nitrogen and oxygen atoms in total. The van der Waals surface area contributed by atoms with E-state index in [9.17, 15) is 14.7 Å². The van der Waals surface area contributed by atoms with Crippen LogP contribution in [0, 0.1) is 0 Å². The summed E-state index contributed by atoms with van der Waals surface area (Å²) in [4.78, 5) is 22.1. The first kappa shape index (κ1) is 48.0. The minimum absolute atomic E-state index is 0.0877. The van der Waals surface area contributed by atoms with Gasteiger partial charge in [-0.25, -0.2) is 9.59 Å². The summed E-state index contributed by atoms with van der Waals surface area (Å²) in [7, 11) is -5.61. The highest BCUT2D eigenvalue weighted by Crippen LogP contribution is 2.25. The van der Waals surface area contributed by atoms with Crippen molar-refractivity contribution in [1.82, 2.24) is 0 Å². The van der Waals surface area contributed by atoms with Crippen LogP contribution >= 0.6 is 0 Å². The van der Waals surface area contributed by atoms with Crippen molar-refractivity contribution in [2.75, 3.05) is 26.4 Å². The molecule has 47 heavy (non-hydrogen) atoms. The zero-order valence-electron chi connectivity index (χ0n) is 32.0. The number of aliphatic hydroxyl groups is 1. The van der Waals surface area contributed by atoms with E-state index < -0.39 is 37.3 Å². The molecule has 0 saturated heterocycles. The third kappa shape index (κ3) is 36.0. The Hall–Kier alpha value is -1.09. The van der Waals surface area contributed by atoms with Gasteiger partial charge in [0.25, 0.3) is 0 Å². The standard InChI is InChI=1S/C19H36O2.C17H38O6Si3/c1-3-5-6-7-8-9-10-11-12-13-14-15-16-17-18-21-19(20)4-2;1-15(2)17(19)21-14-16(18)13-20-11-10-12-26(9,22-24(3,4)5)23-25(6,7)8/h4H,2-3,5-18H2,1H3;16,18H,1,10-14H2,2-9H3. The highest BCUT2D eigenvalue weighted by Gasteiger charge is 2.39. The minimum atomic E-state index is -2.24. The lowest BCUT2D eigenvalue weighted by Crippen LogP contribution is -2.52. The Kier molecular flexibility index (Phi) is 29.3. The lowest BCUT2D eigenvalue weighted by molar-refractivity contribution is -0.143. The molecule has 11 heteroatoms. The van der Waals surface area contributed by atoms with Crippen molar-refractivity contribution >= 4 is 37.1 Å². The van der Waals surface area contributed by atoms with Gasteiger partial charge >= 0.3 is 20.5 Å². The third-order valence-corrected chi connectivity index (χ3v) is 16.6. The highest BCUT2D eigenvalue weighted by molar-refractivity contribution is 6.87. The first-order chi connectivity index (χ1) is 21.9. The van der Waals surface area contributed by atoms with Gasteiger partial charge in [0.2, 0.25) is 0 Å². The van der Waals surface area contributed by atoms with Crippen LogP contribution in [0.1, 0.15) is 110 Å². The number of hydrogen-bond acceptors (Lipinski definition) is 8. The maximum Gasteiger partial charge on any atom is 0.333 e. The van der Waals surface area contributed by atoms with Crippen LogP contribution in [0.2, 0.25) is 51.9 Å². The van der Waals surface area contributed by atoms with Crippen LogP contribution in [-0.2, 0) is 32.0 Å². The van der Waals surface area contributed by atoms with Crippen LogP contribution in [0.3, 0.4) is 0 Å². The van der Waals surface area contributed by atoms with Gasteiger partial charge in [0.15, 0.2) is 16.6 Å². The van der Waals surface area contributed by atoms with Gasteiger partial charge in [0, 0.05) is 18.3 Å². The first-order valence-corrected chi connectivity index (χ1v) is 27.6. The van der Waals surface area contributed by atoms with Crippen molar-refractivity contribution in [2.24, 2.45) is 0 Å². The van der Waals surface area contributed by atoms with Crippen LogP contribution in [0.25, 0.3) is 0 Å². The molecule has 0 aliphatic rings. The summed E-state index contributed by atoms with van der Waals surface area (Å²) < 4.78 is 28.2. The van der Waals surface area contributed by atoms with Crippen LogP contribution in [0.5, 0.6) is 0 Å². The molecule has 0 bridgehead atoms. The van der Waals surface area contributed by atoms with Crippen LogP contribution < -0.4 is 0 Å². The van der Waals surface area contributed by atoms with Gasteiger partial charge < -0.3 is 27.5 Å². The fourth-order valence-electron chi connectivity index (χ4n) is 5.00. The lowest BCUT2D eigenvalue weighted by atomic mass is 10.0. The summed E-state index contributed by atoms with van der Waals surface area (Å²) in [5.41, 5.74) is 0.312. The number of carbonyl (C=O) groups is 2. The predicted octanol–water partition coefficient (Wildman–Crippen LogP) is 9.85. The summed E-state index contributed by atoms with van der Waals surface area (Å²) in [6.07, 6.45) is 20.0. The highest BCUT2D eigenvalue weighted by atomic mass is 28.5. The quantitative estimate of drug-likeness (QED) is 0.0353. The van der Waals surface area contributed by atoms with E-state index in [0.717, 1.165) is 18.9 Å². The summed E-state index contributed by atoms with van der Waals surface area (Å²) >= 11 is 0. The maximum absolute atomic E-state index is 11.3. The van der Waals surface area contributed by atoms with Gasteiger partial charge in [0.1, 0.15) is 12.7 Å². The fourth-order valence-corrected chi connectivity index (χ4v) is 17.5. The molecule has 0 spiro atoms. The number of hydrogen-bond donors (Lipinski definition) is 1. The average molecular weight is 719 g/mol. The number of esters is 2. The number of aliphatic hydroxyl groups excluding tert-OH is 1. The van der Waals surface area contributed by atoms with Crippen molar-refractivity contribution < 1.29 is 37.1 Å². The Morgan fingerprint density at radius 3 is 1.53 bits per heavy atom. The van der Waals surface area contributed by atoms with E-state index in [-0.39, 0.29) is 19.2 Å². The fraction of sp³-hybridized carbons (Fsp3) is 0.833. The van der Waals surface area contributed by atoms with Gasteiger partial charge in [0.05, 0.1) is 13.2 Å². The largest absolute Gasteiger partial charge is 0.463 e. The zero-order valence-corrected chi connectivity index (χ0v) is 35.0. The van der Waals surface area contributed by atoms with Crippen LogP contribution in [0.4, 0.5) is 0 Å². The lowest BCUT2D eigenvalue weighted by Gasteiger charge is -2.38. The number of rotatable bonds is 29. The van der Waals surface area contributed by atoms with E-state index in [1.165, 1.54) is 89.5 Å². The molecule has 0 aliphatic carbocycles. The van der Waals surface area contributed by atoms with Gasteiger partial charge in [-0.15, -0.1) is 0 Å². The molecule has 0 aliphatic heterocycles. The summed E-state index contributed by atoms with van der Waals surface area (Å²) in [6, 6.07) is 0.863. The molecule has 0 heterocycles. The van der Waals surface area contributed by atoms with Crippen molar-refractivity contribution in [3.05, 3.63) is 24.8 Å². The van der Waals surface area contributed by atoms with E-state index in [0.29, 0.717) is 18.8 Å². The molecule has 0 amide bonds. The maximum atomic E-state index is 11.3. The Bertz CT molecular complexity index is 808. The summed E-state index contributed by atoms with van der Waals surface area (Å²) in [5.74, 6) is -0.803. The Labute approximate surface area is 292 Å². The average Bonchev–Trinajstić information content (AvgIpc) is 2.95. The molecule has 0 rings (SSSR count). The van der Waals surface area contributed by atoms with E-state index in [4.69, 9.17) is 22.4 Å². The normalized spacial score (nSPS) is 12.6. The predicted molar refractivity (Wildman–Crippen MR) is 204 cm³/mol. The molecule has 278 valence electrons. The van der Waals surface area contributed by atoms with E-state index >= 15 is 0 Å². The van der Waals surface area contributed by atoms with Crippen molar-refractivity contribution in [3.63, 3.8) is 0 Å². The van der Waals surface area contributed by atoms with E-state index in [1.807, 2.05) is 0 Å². The molecule has 1 unspecified atom stereocenters. The molecule has 0 aromatic heterocycles. The molecular weight excluding hydrogens is 645 g/mol. The van der Waals surface area contributed by atoms with Gasteiger partial charge in [-0.05, 0) is 71.6 Å². The van der Waals surface area contributed by atoms with Crippen molar-refractivity contribution in [3.8, 4) is 0 Å². The number of carbonyl (C=O) groups excluding carboxylic acids is 2. The van der Waals surface area contributed by atoms with Gasteiger partial charge in [-0.3, -0.25) is 0 Å². The minimum Gasteiger partial charge on any atom is -0.463 e. The molecule has 1 N–H and O–H groups in total. The van der Waals surface area contributed by atoms with Crippen molar-refractivity contribution in [2.45, 2.75) is 168 Å². The van der Waals surface area contributed by atoms with Gasteiger partial charge in [-0.2, -0.15) is 0 Å². The Balaban J connectivity index is 0. The van der Waals surface area contributed by atoms with Crippen LogP contribution in [0.15, 0.2) is 24.8 Å². The molecule has 0 radical (unpaired) electrons. The molecule has 0 saturated carbocycles. The van der Waals surface area contributed by atoms with E-state index in [1.54, 1.807) is 6.92 Å². The summed E-state index contributed by atoms with van der Waals surface area (Å²) in [5, 5.41) is 9.78. The van der Waals surface area contributed by atoms with Crippen molar-refractivity contribution in [1.29, 1.82) is 0 Å². The molecule has 0 aromatic carbocycles. The molecule has 1 atom stereocenters. The summed E-state index contributed by atoms with van der Waals surface area (Å²) in [6.45, 7) is 27.1. The van der Waals surface area contributed by atoms with Crippen LogP contribution in [-0.4, -0.2) is 74.8 Å². The number of ether oxygens (including phenoxy) is 3. The molecule has 0 fully saturated rings. The van der Waals surface area contributed by atoms with Gasteiger partial charge in [-0.1, -0.05) is 104 Å². The molecule has 0 aromatic rings. The first-order valence-electron chi connectivity index (χ1n) is 18.2. The second-order valence-electron chi connectivity index (χ2n) is 14.7. The second kappa shape index (κ2) is 28.7. The van der Waals surface area contributed by atoms with E-state index in [2.05, 4.69) is 65.9 Å². The smallest absolute Gasteiger partial charge is 0.333 e. The molecular formula is C36H74O8Si3. The zero-order chi connectivity index (χ0) is 36.2. The second-order valence-corrected chi connectivity index (χ2v) is 27.6. The SMILES string of the molecule is C=C(C)C(=O)OCC(O)COCCC[Si](C)(O[Si](C)(C)C)O[Si](C)(C)C.C=CC(=O)OCCCCCCCCCCCCCCCC. The topological polar surface area (TPSA) is 101 Å². The Morgan fingerprint density at radius 1 is 0.681 bits per heavy atom.